The first-order valence-electron chi connectivity index (χ1n) is 11.2. The zero-order valence-electron chi connectivity index (χ0n) is 19.0. The molecule has 1 aliphatic rings. The van der Waals surface area contributed by atoms with E-state index in [9.17, 15) is 14.4 Å². The van der Waals surface area contributed by atoms with Crippen molar-refractivity contribution < 1.29 is 23.5 Å². The fourth-order valence-corrected chi connectivity index (χ4v) is 5.16. The van der Waals surface area contributed by atoms with Crippen LogP contribution >= 0.6 is 11.3 Å². The summed E-state index contributed by atoms with van der Waals surface area (Å²) in [5.74, 6) is -0.375. The molecule has 1 fully saturated rings. The van der Waals surface area contributed by atoms with E-state index in [1.54, 1.807) is 35.7 Å². The molecule has 2 aromatic heterocycles. The van der Waals surface area contributed by atoms with Crippen LogP contribution in [0.3, 0.4) is 0 Å². The largest absolute Gasteiger partial charge is 0.465 e. The Labute approximate surface area is 205 Å². The summed E-state index contributed by atoms with van der Waals surface area (Å²) in [6.07, 6.45) is 1.53. The van der Waals surface area contributed by atoms with E-state index >= 15 is 0 Å². The zero-order valence-corrected chi connectivity index (χ0v) is 19.8. The minimum atomic E-state index is -0.470. The monoisotopic (exact) mass is 489 g/mol. The van der Waals surface area contributed by atoms with Crippen molar-refractivity contribution in [2.75, 3.05) is 25.5 Å². The Kier molecular flexibility index (Phi) is 6.33. The second-order valence-corrected chi connectivity index (χ2v) is 9.20. The molecule has 5 rings (SSSR count). The smallest absolute Gasteiger partial charge is 0.337 e. The average Bonchev–Trinajstić information content (AvgIpc) is 3.56. The van der Waals surface area contributed by atoms with Gasteiger partial charge in [-0.3, -0.25) is 9.59 Å². The number of esters is 1. The van der Waals surface area contributed by atoms with Crippen LogP contribution in [-0.4, -0.2) is 47.9 Å². The van der Waals surface area contributed by atoms with Gasteiger partial charge in [-0.1, -0.05) is 24.3 Å². The number of para-hydroxylation sites is 1. The number of piperidine rings is 1. The number of amides is 2. The first-order valence-corrected chi connectivity index (χ1v) is 12.1. The molecule has 2 amide bonds. The van der Waals surface area contributed by atoms with Crippen molar-refractivity contribution >= 4 is 45.8 Å². The topological polar surface area (TPSA) is 102 Å². The molecule has 8 nitrogen and oxygen atoms in total. The van der Waals surface area contributed by atoms with E-state index < -0.39 is 5.97 Å². The molecule has 3 heterocycles. The quantitative estimate of drug-likeness (QED) is 0.398. The fourth-order valence-electron chi connectivity index (χ4n) is 4.19. The maximum Gasteiger partial charge on any atom is 0.337 e. The molecule has 0 radical (unpaired) electrons. The number of carbonyl (C=O) groups is 3. The SMILES string of the molecule is COC(=O)c1cccc(NC(=O)c2csc(C3CCN(C(=O)c4cc5ccccc5o4)CC3)n2)c1. The minimum absolute atomic E-state index is 0.104. The molecule has 4 aromatic rings. The Morgan fingerprint density at radius 1 is 1.09 bits per heavy atom. The van der Waals surface area contributed by atoms with Gasteiger partial charge in [-0.2, -0.15) is 0 Å². The Morgan fingerprint density at radius 3 is 2.66 bits per heavy atom. The third-order valence-electron chi connectivity index (χ3n) is 6.06. The standard InChI is InChI=1S/C26H23N3O5S/c1-33-26(32)18-6-4-7-19(13-18)27-23(30)20-15-35-24(28-20)16-9-11-29(12-10-16)25(31)22-14-17-5-2-3-8-21(17)34-22/h2-8,13-16H,9-12H2,1H3,(H,27,30). The van der Waals surface area contributed by atoms with E-state index in [4.69, 9.17) is 9.15 Å². The Morgan fingerprint density at radius 2 is 1.89 bits per heavy atom. The van der Waals surface area contributed by atoms with Gasteiger partial charge >= 0.3 is 5.97 Å². The van der Waals surface area contributed by atoms with Gasteiger partial charge in [0, 0.05) is 35.5 Å². The summed E-state index contributed by atoms with van der Waals surface area (Å²) in [4.78, 5) is 43.7. The van der Waals surface area contributed by atoms with Crippen LogP contribution in [-0.2, 0) is 4.74 Å². The third kappa shape index (κ3) is 4.81. The van der Waals surface area contributed by atoms with Crippen molar-refractivity contribution in [1.29, 1.82) is 0 Å². The van der Waals surface area contributed by atoms with E-state index in [1.807, 2.05) is 29.2 Å². The van der Waals surface area contributed by atoms with Crippen molar-refractivity contribution in [3.05, 3.63) is 82.0 Å². The normalized spacial score (nSPS) is 14.1. The number of fused-ring (bicyclic) bond motifs is 1. The van der Waals surface area contributed by atoms with Crippen LogP contribution in [0.2, 0.25) is 0 Å². The molecule has 0 bridgehead atoms. The number of rotatable bonds is 5. The number of likely N-dealkylation sites (tertiary alicyclic amines) is 1. The van der Waals surface area contributed by atoms with E-state index in [0.29, 0.717) is 41.4 Å². The van der Waals surface area contributed by atoms with Gasteiger partial charge in [0.2, 0.25) is 0 Å². The summed E-state index contributed by atoms with van der Waals surface area (Å²) in [6, 6.07) is 15.9. The number of anilines is 1. The van der Waals surface area contributed by atoms with Gasteiger partial charge in [-0.25, -0.2) is 9.78 Å². The molecule has 0 aliphatic carbocycles. The molecule has 0 spiro atoms. The number of hydrogen-bond acceptors (Lipinski definition) is 7. The molecule has 1 aliphatic heterocycles. The lowest BCUT2D eigenvalue weighted by atomic mass is 9.97. The predicted octanol–water partition coefficient (Wildman–Crippen LogP) is 4.95. The Balaban J connectivity index is 1.19. The lowest BCUT2D eigenvalue weighted by Gasteiger charge is -2.30. The average molecular weight is 490 g/mol. The maximum absolute atomic E-state index is 12.9. The number of carbonyl (C=O) groups excluding carboxylic acids is 3. The van der Waals surface area contributed by atoms with Gasteiger partial charge < -0.3 is 19.4 Å². The van der Waals surface area contributed by atoms with Crippen LogP contribution < -0.4 is 5.32 Å². The van der Waals surface area contributed by atoms with Gasteiger partial charge in [0.05, 0.1) is 17.7 Å². The van der Waals surface area contributed by atoms with Gasteiger partial charge in [0.25, 0.3) is 11.8 Å². The zero-order chi connectivity index (χ0) is 24.4. The highest BCUT2D eigenvalue weighted by Crippen LogP contribution is 2.31. The second kappa shape index (κ2) is 9.71. The summed E-state index contributed by atoms with van der Waals surface area (Å²) < 4.78 is 10.4. The highest BCUT2D eigenvalue weighted by Gasteiger charge is 2.28. The second-order valence-electron chi connectivity index (χ2n) is 8.31. The molecule has 0 saturated carbocycles. The van der Waals surface area contributed by atoms with Crippen LogP contribution in [0.5, 0.6) is 0 Å². The Bertz CT molecular complexity index is 1370. The van der Waals surface area contributed by atoms with Gasteiger partial charge in [-0.15, -0.1) is 11.3 Å². The van der Waals surface area contributed by atoms with E-state index in [-0.39, 0.29) is 17.7 Å². The molecular weight excluding hydrogens is 466 g/mol. The molecule has 178 valence electrons. The summed E-state index contributed by atoms with van der Waals surface area (Å²) in [5, 5.41) is 6.31. The predicted molar refractivity (Wildman–Crippen MR) is 132 cm³/mol. The number of ether oxygens (including phenoxy) is 1. The van der Waals surface area contributed by atoms with Gasteiger partial charge in [0.15, 0.2) is 5.76 Å². The van der Waals surface area contributed by atoms with Crippen LogP contribution in [0.25, 0.3) is 11.0 Å². The fraction of sp³-hybridized carbons (Fsp3) is 0.231. The number of methoxy groups -OCH3 is 1. The van der Waals surface area contributed by atoms with Crippen molar-refractivity contribution in [3.8, 4) is 0 Å². The van der Waals surface area contributed by atoms with Gasteiger partial charge in [0.1, 0.15) is 11.3 Å². The highest BCUT2D eigenvalue weighted by molar-refractivity contribution is 7.10. The molecule has 9 heteroatoms. The third-order valence-corrected chi connectivity index (χ3v) is 7.07. The molecule has 35 heavy (non-hydrogen) atoms. The lowest BCUT2D eigenvalue weighted by Crippen LogP contribution is -2.37. The van der Waals surface area contributed by atoms with Crippen LogP contribution in [0.15, 0.2) is 64.4 Å². The van der Waals surface area contributed by atoms with Crippen molar-refractivity contribution in [2.24, 2.45) is 0 Å². The molecule has 1 saturated heterocycles. The summed E-state index contributed by atoms with van der Waals surface area (Å²) in [6.45, 7) is 1.20. The number of hydrogen-bond donors (Lipinski definition) is 1. The lowest BCUT2D eigenvalue weighted by molar-refractivity contribution is 0.0600. The van der Waals surface area contributed by atoms with Gasteiger partial charge in [-0.05, 0) is 43.2 Å². The van der Waals surface area contributed by atoms with Crippen molar-refractivity contribution in [2.45, 2.75) is 18.8 Å². The molecule has 1 N–H and O–H groups in total. The summed E-state index contributed by atoms with van der Waals surface area (Å²) in [7, 11) is 1.31. The first-order chi connectivity index (χ1) is 17.0. The number of nitrogens with one attached hydrogen (secondary N) is 1. The molecule has 0 atom stereocenters. The molecule has 0 unspecified atom stereocenters. The minimum Gasteiger partial charge on any atom is -0.465 e. The van der Waals surface area contributed by atoms with E-state index in [0.717, 1.165) is 23.2 Å². The highest BCUT2D eigenvalue weighted by atomic mass is 32.1. The van der Waals surface area contributed by atoms with E-state index in [1.165, 1.54) is 18.4 Å². The Hall–Kier alpha value is -3.98. The van der Waals surface area contributed by atoms with Crippen LogP contribution in [0.1, 0.15) is 55.2 Å². The number of aromatic nitrogens is 1. The van der Waals surface area contributed by atoms with Crippen LogP contribution in [0.4, 0.5) is 5.69 Å². The van der Waals surface area contributed by atoms with E-state index in [2.05, 4.69) is 10.3 Å². The van der Waals surface area contributed by atoms with Crippen LogP contribution in [0, 0.1) is 0 Å². The molecular formula is C26H23N3O5S. The number of nitrogens with zero attached hydrogens (tertiary/aromatic N) is 2. The number of furan rings is 1. The number of thiazole rings is 1. The first kappa shape index (κ1) is 22.8. The van der Waals surface area contributed by atoms with Crippen molar-refractivity contribution in [1.82, 2.24) is 9.88 Å². The maximum atomic E-state index is 12.9. The van der Waals surface area contributed by atoms with Crippen molar-refractivity contribution in [3.63, 3.8) is 0 Å². The summed E-state index contributed by atoms with van der Waals surface area (Å²) in [5.41, 5.74) is 1.88. The summed E-state index contributed by atoms with van der Waals surface area (Å²) >= 11 is 1.45. The molecule has 2 aromatic carbocycles. The number of benzene rings is 2.